The molecule has 3 aromatic rings. The van der Waals surface area contributed by atoms with Gasteiger partial charge in [-0.15, -0.1) is 0 Å². The molecule has 1 aromatic heterocycles. The lowest BCUT2D eigenvalue weighted by atomic mass is 10.0. The van der Waals surface area contributed by atoms with Crippen molar-refractivity contribution in [2.75, 3.05) is 13.7 Å². The molecule has 160 valence electrons. The van der Waals surface area contributed by atoms with Crippen LogP contribution in [0.2, 0.25) is 0 Å². The number of carbonyl (C=O) groups is 1. The van der Waals surface area contributed by atoms with Crippen LogP contribution in [0.15, 0.2) is 59.4 Å². The number of methoxy groups -OCH3 is 1. The fraction of sp³-hybridized carbons (Fsp3) is 0.320. The predicted molar refractivity (Wildman–Crippen MR) is 119 cm³/mol. The Kier molecular flexibility index (Phi) is 6.00. The number of rotatable bonds is 5. The quantitative estimate of drug-likeness (QED) is 0.595. The van der Waals surface area contributed by atoms with Gasteiger partial charge >= 0.3 is 5.97 Å². The third-order valence-electron chi connectivity index (χ3n) is 5.97. The van der Waals surface area contributed by atoms with Gasteiger partial charge in [0.15, 0.2) is 0 Å². The average molecular weight is 418 g/mol. The SMILES string of the molecule is COC(=O)c1ccc(CN2CCc3nc(C)n(C(C)c4ccccc4)c(=O)c3C2)cc1. The Balaban J connectivity index is 1.57. The molecule has 0 amide bonds. The number of esters is 1. The number of hydrogen-bond acceptors (Lipinski definition) is 5. The number of benzene rings is 2. The highest BCUT2D eigenvalue weighted by Crippen LogP contribution is 2.21. The van der Waals surface area contributed by atoms with E-state index in [0.717, 1.165) is 41.2 Å². The number of fused-ring (bicyclic) bond motifs is 1. The normalized spacial score (nSPS) is 14.7. The average Bonchev–Trinajstić information content (AvgIpc) is 2.80. The van der Waals surface area contributed by atoms with Crippen molar-refractivity contribution in [3.63, 3.8) is 0 Å². The van der Waals surface area contributed by atoms with Crippen molar-refractivity contribution in [3.8, 4) is 0 Å². The summed E-state index contributed by atoms with van der Waals surface area (Å²) in [6, 6.07) is 17.4. The number of nitrogens with zero attached hydrogens (tertiary/aromatic N) is 3. The molecular formula is C25H27N3O3. The zero-order valence-corrected chi connectivity index (χ0v) is 18.2. The molecule has 0 spiro atoms. The first-order valence-electron chi connectivity index (χ1n) is 10.5. The number of ether oxygens (including phenoxy) is 1. The Morgan fingerprint density at radius 1 is 1.13 bits per heavy atom. The summed E-state index contributed by atoms with van der Waals surface area (Å²) in [5.41, 5.74) is 4.46. The van der Waals surface area contributed by atoms with Crippen molar-refractivity contribution in [2.24, 2.45) is 0 Å². The molecule has 31 heavy (non-hydrogen) atoms. The molecule has 0 bridgehead atoms. The topological polar surface area (TPSA) is 64.4 Å². The van der Waals surface area contributed by atoms with Crippen LogP contribution in [0, 0.1) is 6.92 Å². The third-order valence-corrected chi connectivity index (χ3v) is 5.97. The minimum absolute atomic E-state index is 0.0459. The lowest BCUT2D eigenvalue weighted by Gasteiger charge is -2.29. The molecule has 1 aliphatic rings. The molecule has 0 saturated carbocycles. The zero-order valence-electron chi connectivity index (χ0n) is 18.2. The molecule has 1 atom stereocenters. The van der Waals surface area contributed by atoms with Crippen LogP contribution in [-0.4, -0.2) is 34.1 Å². The minimum Gasteiger partial charge on any atom is -0.465 e. The van der Waals surface area contributed by atoms with E-state index in [-0.39, 0.29) is 17.6 Å². The molecule has 1 aliphatic heterocycles. The Morgan fingerprint density at radius 3 is 2.52 bits per heavy atom. The van der Waals surface area contributed by atoms with E-state index < -0.39 is 0 Å². The van der Waals surface area contributed by atoms with Crippen molar-refractivity contribution in [3.05, 3.63) is 98.7 Å². The van der Waals surface area contributed by atoms with E-state index in [2.05, 4.69) is 4.90 Å². The summed E-state index contributed by atoms with van der Waals surface area (Å²) < 4.78 is 6.57. The maximum absolute atomic E-state index is 13.4. The van der Waals surface area contributed by atoms with E-state index in [9.17, 15) is 9.59 Å². The van der Waals surface area contributed by atoms with Crippen LogP contribution in [0.1, 0.15) is 51.5 Å². The van der Waals surface area contributed by atoms with Gasteiger partial charge in [-0.3, -0.25) is 14.3 Å². The van der Waals surface area contributed by atoms with Crippen molar-refractivity contribution in [1.82, 2.24) is 14.5 Å². The van der Waals surface area contributed by atoms with Crippen molar-refractivity contribution in [1.29, 1.82) is 0 Å². The fourth-order valence-electron chi connectivity index (χ4n) is 4.26. The van der Waals surface area contributed by atoms with Crippen LogP contribution in [0.5, 0.6) is 0 Å². The summed E-state index contributed by atoms with van der Waals surface area (Å²) in [4.78, 5) is 32.1. The molecule has 2 heterocycles. The van der Waals surface area contributed by atoms with E-state index in [4.69, 9.17) is 9.72 Å². The molecule has 1 unspecified atom stereocenters. The van der Waals surface area contributed by atoms with E-state index in [1.165, 1.54) is 7.11 Å². The first-order chi connectivity index (χ1) is 15.0. The molecule has 6 nitrogen and oxygen atoms in total. The largest absolute Gasteiger partial charge is 0.465 e. The monoisotopic (exact) mass is 417 g/mol. The van der Waals surface area contributed by atoms with Crippen LogP contribution in [0.3, 0.4) is 0 Å². The van der Waals surface area contributed by atoms with Crippen LogP contribution in [0.4, 0.5) is 0 Å². The van der Waals surface area contributed by atoms with E-state index in [1.807, 2.05) is 60.9 Å². The lowest BCUT2D eigenvalue weighted by Crippen LogP contribution is -2.39. The standard InChI is InChI=1S/C25H27N3O3/c1-17(20-7-5-4-6-8-20)28-18(2)26-23-13-14-27(16-22(23)24(28)29)15-19-9-11-21(12-10-19)25(30)31-3/h4-12,17H,13-16H2,1-3H3. The maximum Gasteiger partial charge on any atom is 0.337 e. The fourth-order valence-corrected chi connectivity index (χ4v) is 4.26. The summed E-state index contributed by atoms with van der Waals surface area (Å²) in [6.45, 7) is 6.08. The highest BCUT2D eigenvalue weighted by atomic mass is 16.5. The van der Waals surface area contributed by atoms with Gasteiger partial charge in [-0.1, -0.05) is 42.5 Å². The molecule has 2 aromatic carbocycles. The van der Waals surface area contributed by atoms with Gasteiger partial charge in [0, 0.05) is 26.1 Å². The Hall–Kier alpha value is -3.25. The van der Waals surface area contributed by atoms with E-state index >= 15 is 0 Å². The lowest BCUT2D eigenvalue weighted by molar-refractivity contribution is 0.0600. The van der Waals surface area contributed by atoms with Gasteiger partial charge in [-0.05, 0) is 37.1 Å². The van der Waals surface area contributed by atoms with E-state index in [1.54, 1.807) is 12.1 Å². The van der Waals surface area contributed by atoms with Crippen LogP contribution >= 0.6 is 0 Å². The zero-order chi connectivity index (χ0) is 22.0. The first kappa shape index (κ1) is 21.0. The summed E-state index contributed by atoms with van der Waals surface area (Å²) in [7, 11) is 1.38. The molecule has 0 fully saturated rings. The first-order valence-corrected chi connectivity index (χ1v) is 10.5. The van der Waals surface area contributed by atoms with Crippen molar-refractivity contribution < 1.29 is 9.53 Å². The second-order valence-electron chi connectivity index (χ2n) is 8.00. The minimum atomic E-state index is -0.340. The second kappa shape index (κ2) is 8.86. The maximum atomic E-state index is 13.4. The van der Waals surface area contributed by atoms with Gasteiger partial charge in [-0.2, -0.15) is 0 Å². The summed E-state index contributed by atoms with van der Waals surface area (Å²) in [6.07, 6.45) is 0.756. The molecule has 0 saturated heterocycles. The second-order valence-corrected chi connectivity index (χ2v) is 8.00. The highest BCUT2D eigenvalue weighted by molar-refractivity contribution is 5.89. The van der Waals surface area contributed by atoms with Crippen LogP contribution in [0.25, 0.3) is 0 Å². The molecule has 0 N–H and O–H groups in total. The number of aryl methyl sites for hydroxylation is 1. The van der Waals surface area contributed by atoms with Crippen molar-refractivity contribution in [2.45, 2.75) is 39.4 Å². The number of carbonyl (C=O) groups excluding carboxylic acids is 1. The molecule has 0 radical (unpaired) electrons. The van der Waals surface area contributed by atoms with Gasteiger partial charge in [-0.25, -0.2) is 9.78 Å². The summed E-state index contributed by atoms with van der Waals surface area (Å²) >= 11 is 0. The molecule has 6 heteroatoms. The molecular weight excluding hydrogens is 390 g/mol. The smallest absolute Gasteiger partial charge is 0.337 e. The van der Waals surface area contributed by atoms with Crippen LogP contribution < -0.4 is 5.56 Å². The van der Waals surface area contributed by atoms with Gasteiger partial charge in [0.05, 0.1) is 30.0 Å². The Bertz CT molecular complexity index is 1140. The number of hydrogen-bond donors (Lipinski definition) is 0. The molecule has 4 rings (SSSR count). The summed E-state index contributed by atoms with van der Waals surface area (Å²) in [5.74, 6) is 0.417. The van der Waals surface area contributed by atoms with Gasteiger partial charge in [0.1, 0.15) is 5.82 Å². The molecule has 0 aliphatic carbocycles. The van der Waals surface area contributed by atoms with Gasteiger partial charge in [0.25, 0.3) is 5.56 Å². The van der Waals surface area contributed by atoms with Crippen LogP contribution in [-0.2, 0) is 24.2 Å². The Morgan fingerprint density at radius 2 is 1.84 bits per heavy atom. The third kappa shape index (κ3) is 4.30. The van der Waals surface area contributed by atoms with Crippen molar-refractivity contribution >= 4 is 5.97 Å². The Labute approximate surface area is 182 Å². The highest BCUT2D eigenvalue weighted by Gasteiger charge is 2.24. The summed E-state index contributed by atoms with van der Waals surface area (Å²) in [5, 5.41) is 0. The number of aromatic nitrogens is 2. The van der Waals surface area contributed by atoms with Gasteiger partial charge in [0.2, 0.25) is 0 Å². The predicted octanol–water partition coefficient (Wildman–Crippen LogP) is 3.51. The van der Waals surface area contributed by atoms with Gasteiger partial charge < -0.3 is 4.74 Å². The van der Waals surface area contributed by atoms with E-state index in [0.29, 0.717) is 18.7 Å².